The zero-order valence-electron chi connectivity index (χ0n) is 5.91. The molecular formula is C9H12. The average Bonchev–Trinajstić information content (AvgIpc) is 2.44. The maximum Gasteiger partial charge on any atom is -0.0198 e. The van der Waals surface area contributed by atoms with Crippen LogP contribution in [0.5, 0.6) is 0 Å². The molecule has 2 atom stereocenters. The zero-order valence-corrected chi connectivity index (χ0v) is 5.91. The molecule has 0 saturated heterocycles. The van der Waals surface area contributed by atoms with Crippen molar-refractivity contribution in [2.45, 2.75) is 32.6 Å². The topological polar surface area (TPSA) is 0 Å². The van der Waals surface area contributed by atoms with Crippen molar-refractivity contribution in [3.05, 3.63) is 0 Å². The lowest BCUT2D eigenvalue weighted by Gasteiger charge is -2.42. The van der Waals surface area contributed by atoms with Crippen LogP contribution in [0.3, 0.4) is 0 Å². The fraction of sp³-hybridized carbons (Fsp3) is 1.00. The summed E-state index contributed by atoms with van der Waals surface area (Å²) in [6, 6.07) is 0. The van der Waals surface area contributed by atoms with Gasteiger partial charge in [-0.05, 0) is 47.8 Å². The fourth-order valence-corrected chi connectivity index (χ4v) is 4.78. The highest BCUT2D eigenvalue weighted by Crippen LogP contribution is 3.02. The molecule has 5 aliphatic rings. The molecule has 0 aromatic rings. The van der Waals surface area contributed by atoms with Gasteiger partial charge in [0.25, 0.3) is 0 Å². The largest absolute Gasteiger partial charge is 0.0593 e. The maximum atomic E-state index is 2.52. The van der Waals surface area contributed by atoms with Crippen LogP contribution in [0.15, 0.2) is 0 Å². The van der Waals surface area contributed by atoms with E-state index in [4.69, 9.17) is 0 Å². The summed E-state index contributed by atoms with van der Waals surface area (Å²) in [6.45, 7) is 2.52. The highest BCUT2D eigenvalue weighted by atomic mass is 15.0. The Morgan fingerprint density at radius 3 is 2.22 bits per heavy atom. The smallest absolute Gasteiger partial charge is 0.0198 e. The third-order valence-corrected chi connectivity index (χ3v) is 4.99. The minimum absolute atomic E-state index is 0.873. The quantitative estimate of drug-likeness (QED) is 0.459. The summed E-state index contributed by atoms with van der Waals surface area (Å²) in [4.78, 5) is 0. The van der Waals surface area contributed by atoms with Gasteiger partial charge in [0, 0.05) is 0 Å². The van der Waals surface area contributed by atoms with Gasteiger partial charge in [-0.1, -0.05) is 6.92 Å². The van der Waals surface area contributed by atoms with Gasteiger partial charge in [0.2, 0.25) is 0 Å². The molecule has 0 nitrogen and oxygen atoms in total. The highest BCUT2D eigenvalue weighted by Gasteiger charge is 2.94. The van der Waals surface area contributed by atoms with E-state index in [9.17, 15) is 0 Å². The Hall–Kier alpha value is 0. The molecule has 0 aliphatic heterocycles. The molecule has 2 spiro atoms. The molecule has 0 radical (unpaired) electrons. The molecule has 5 aliphatic carbocycles. The molecular weight excluding hydrogens is 108 g/mol. The minimum Gasteiger partial charge on any atom is -0.0593 e. The molecule has 2 bridgehead atoms. The van der Waals surface area contributed by atoms with Crippen LogP contribution < -0.4 is 0 Å². The molecule has 0 amide bonds. The van der Waals surface area contributed by atoms with E-state index >= 15 is 0 Å². The van der Waals surface area contributed by atoms with Crippen molar-refractivity contribution in [3.63, 3.8) is 0 Å². The minimum atomic E-state index is 0.873. The second-order valence-electron chi connectivity index (χ2n) is 5.38. The first-order valence-electron chi connectivity index (χ1n) is 4.21. The van der Waals surface area contributed by atoms with E-state index in [1.807, 2.05) is 0 Å². The summed E-state index contributed by atoms with van der Waals surface area (Å²) in [5, 5.41) is 0. The zero-order chi connectivity index (χ0) is 5.91. The monoisotopic (exact) mass is 120 g/mol. The van der Waals surface area contributed by atoms with Gasteiger partial charge in [-0.15, -0.1) is 0 Å². The van der Waals surface area contributed by atoms with E-state index in [0.717, 1.165) is 16.2 Å². The summed E-state index contributed by atoms with van der Waals surface area (Å²) in [5.74, 6) is 1.21. The van der Waals surface area contributed by atoms with E-state index in [1.165, 1.54) is 5.92 Å². The third-order valence-electron chi connectivity index (χ3n) is 4.99. The molecule has 0 heteroatoms. The number of hydrogen-bond acceptors (Lipinski definition) is 0. The van der Waals surface area contributed by atoms with Crippen LogP contribution in [-0.4, -0.2) is 0 Å². The first-order chi connectivity index (χ1) is 4.21. The standard InChI is InChI=1S/C9H12/c1-7-3-8(4-7)5-9(8)2-6(7)9/h6H,2-5H2,1H3. The van der Waals surface area contributed by atoms with E-state index in [2.05, 4.69) is 6.92 Å². The van der Waals surface area contributed by atoms with Crippen molar-refractivity contribution in [1.82, 2.24) is 0 Å². The van der Waals surface area contributed by atoms with E-state index in [1.54, 1.807) is 25.7 Å². The number of rotatable bonds is 0. The van der Waals surface area contributed by atoms with E-state index < -0.39 is 0 Å². The first-order valence-corrected chi connectivity index (χ1v) is 4.21. The Morgan fingerprint density at radius 1 is 1.22 bits per heavy atom. The molecule has 0 aromatic carbocycles. The normalized spacial score (nSPS) is 87.0. The van der Waals surface area contributed by atoms with Crippen molar-refractivity contribution in [1.29, 1.82) is 0 Å². The Morgan fingerprint density at radius 2 is 2.00 bits per heavy atom. The van der Waals surface area contributed by atoms with Gasteiger partial charge >= 0.3 is 0 Å². The molecule has 5 rings (SSSR count). The van der Waals surface area contributed by atoms with Gasteiger partial charge in [-0.3, -0.25) is 0 Å². The van der Waals surface area contributed by atoms with Gasteiger partial charge in [0.05, 0.1) is 0 Å². The lowest BCUT2D eigenvalue weighted by molar-refractivity contribution is 0.0729. The van der Waals surface area contributed by atoms with Crippen molar-refractivity contribution in [2.75, 3.05) is 0 Å². The number of hydrogen-bond donors (Lipinski definition) is 0. The van der Waals surface area contributed by atoms with Crippen LogP contribution in [0.4, 0.5) is 0 Å². The Bertz CT molecular complexity index is 216. The van der Waals surface area contributed by atoms with Crippen LogP contribution in [-0.2, 0) is 0 Å². The Labute approximate surface area is 55.6 Å². The van der Waals surface area contributed by atoms with Gasteiger partial charge in [0.1, 0.15) is 0 Å². The van der Waals surface area contributed by atoms with Crippen LogP contribution in [0.1, 0.15) is 32.6 Å². The lowest BCUT2D eigenvalue weighted by atomic mass is 9.62. The lowest BCUT2D eigenvalue weighted by Crippen LogP contribution is -2.33. The van der Waals surface area contributed by atoms with Crippen LogP contribution in [0.25, 0.3) is 0 Å². The van der Waals surface area contributed by atoms with Gasteiger partial charge in [-0.25, -0.2) is 0 Å². The molecule has 0 aromatic heterocycles. The summed E-state index contributed by atoms with van der Waals surface area (Å²) < 4.78 is 0. The fourth-order valence-electron chi connectivity index (χ4n) is 4.78. The average molecular weight is 120 g/mol. The Balaban J connectivity index is 2.04. The van der Waals surface area contributed by atoms with Gasteiger partial charge in [-0.2, -0.15) is 0 Å². The van der Waals surface area contributed by atoms with Crippen molar-refractivity contribution in [2.24, 2.45) is 22.2 Å². The van der Waals surface area contributed by atoms with Crippen LogP contribution >= 0.6 is 0 Å². The van der Waals surface area contributed by atoms with Gasteiger partial charge < -0.3 is 0 Å². The summed E-state index contributed by atoms with van der Waals surface area (Å²) in [7, 11) is 0. The summed E-state index contributed by atoms with van der Waals surface area (Å²) in [5.41, 5.74) is 2.85. The second kappa shape index (κ2) is 0.627. The third kappa shape index (κ3) is 0.180. The van der Waals surface area contributed by atoms with Crippen LogP contribution in [0.2, 0.25) is 0 Å². The predicted octanol–water partition coefficient (Wildman–Crippen LogP) is 2.20. The molecule has 0 heterocycles. The predicted molar refractivity (Wildman–Crippen MR) is 34.9 cm³/mol. The summed E-state index contributed by atoms with van der Waals surface area (Å²) in [6.07, 6.45) is 6.50. The maximum absolute atomic E-state index is 2.52. The highest BCUT2D eigenvalue weighted by molar-refractivity contribution is 5.43. The van der Waals surface area contributed by atoms with E-state index in [-0.39, 0.29) is 0 Å². The molecule has 0 N–H and O–H groups in total. The molecule has 48 valence electrons. The SMILES string of the molecule is CC12CC3(C1)CC31CC21. The van der Waals surface area contributed by atoms with Crippen molar-refractivity contribution < 1.29 is 0 Å². The molecule has 5 fully saturated rings. The summed E-state index contributed by atoms with van der Waals surface area (Å²) >= 11 is 0. The van der Waals surface area contributed by atoms with Crippen molar-refractivity contribution >= 4 is 0 Å². The first kappa shape index (κ1) is 4.00. The molecule has 5 saturated carbocycles. The van der Waals surface area contributed by atoms with Crippen LogP contribution in [0, 0.1) is 22.2 Å². The van der Waals surface area contributed by atoms with Crippen molar-refractivity contribution in [3.8, 4) is 0 Å². The van der Waals surface area contributed by atoms with E-state index in [0.29, 0.717) is 0 Å². The Kier molecular flexibility index (Phi) is 0.279. The second-order valence-corrected chi connectivity index (χ2v) is 5.38. The molecule has 9 heavy (non-hydrogen) atoms. The van der Waals surface area contributed by atoms with Gasteiger partial charge in [0.15, 0.2) is 0 Å². The molecule has 2 unspecified atom stereocenters.